The molecule has 1 N–H and O–H groups in total. The zero-order valence-electron chi connectivity index (χ0n) is 15.9. The molecule has 0 bridgehead atoms. The summed E-state index contributed by atoms with van der Waals surface area (Å²) in [5.41, 5.74) is 0.545. The molecule has 1 aliphatic rings. The highest BCUT2D eigenvalue weighted by atomic mass is 32.2. The van der Waals surface area contributed by atoms with Crippen LogP contribution in [-0.2, 0) is 14.8 Å². The molecule has 1 fully saturated rings. The number of nitrogens with zero attached hydrogens (tertiary/aromatic N) is 2. The van der Waals surface area contributed by atoms with Crippen molar-refractivity contribution < 1.29 is 17.9 Å². The van der Waals surface area contributed by atoms with Gasteiger partial charge in [0.25, 0.3) is 5.91 Å². The van der Waals surface area contributed by atoms with Crippen molar-refractivity contribution in [1.29, 1.82) is 0 Å². The van der Waals surface area contributed by atoms with Gasteiger partial charge in [-0.3, -0.25) is 9.10 Å². The second kappa shape index (κ2) is 8.73. The third kappa shape index (κ3) is 5.60. The number of sulfonamides is 1. The van der Waals surface area contributed by atoms with Crippen LogP contribution in [0.1, 0.15) is 26.2 Å². The molecule has 1 aromatic rings. The van der Waals surface area contributed by atoms with Crippen LogP contribution < -0.4 is 14.4 Å². The maximum absolute atomic E-state index is 12.5. The maximum atomic E-state index is 12.5. The van der Waals surface area contributed by atoms with Gasteiger partial charge in [-0.1, -0.05) is 6.92 Å². The van der Waals surface area contributed by atoms with E-state index in [-0.39, 0.29) is 11.9 Å². The summed E-state index contributed by atoms with van der Waals surface area (Å²) in [6.45, 7) is 3.88. The van der Waals surface area contributed by atoms with Crippen LogP contribution in [0.25, 0.3) is 0 Å². The van der Waals surface area contributed by atoms with Crippen molar-refractivity contribution >= 4 is 21.6 Å². The number of carbonyl (C=O) groups is 1. The molecule has 1 saturated heterocycles. The van der Waals surface area contributed by atoms with E-state index in [0.717, 1.165) is 32.2 Å². The predicted octanol–water partition coefficient (Wildman–Crippen LogP) is 1.45. The van der Waals surface area contributed by atoms with Crippen molar-refractivity contribution in [3.8, 4) is 5.75 Å². The molecule has 2 rings (SSSR count). The first-order valence-electron chi connectivity index (χ1n) is 8.90. The second-order valence-corrected chi connectivity index (χ2v) is 8.84. The number of hydrogen-bond acceptors (Lipinski definition) is 5. The molecule has 0 saturated carbocycles. The molecule has 1 amide bonds. The number of anilines is 1. The van der Waals surface area contributed by atoms with E-state index in [1.54, 1.807) is 24.3 Å². The topological polar surface area (TPSA) is 78.9 Å². The summed E-state index contributed by atoms with van der Waals surface area (Å²) >= 11 is 0. The van der Waals surface area contributed by atoms with Gasteiger partial charge in [0, 0.05) is 13.1 Å². The first-order valence-corrected chi connectivity index (χ1v) is 10.7. The van der Waals surface area contributed by atoms with Gasteiger partial charge >= 0.3 is 0 Å². The average Bonchev–Trinajstić information content (AvgIpc) is 2.60. The Balaban J connectivity index is 1.95. The molecular formula is C18H29N3O4S. The van der Waals surface area contributed by atoms with Crippen molar-refractivity contribution in [2.45, 2.75) is 38.3 Å². The van der Waals surface area contributed by atoms with Gasteiger partial charge in [0.05, 0.1) is 11.9 Å². The molecular weight excluding hydrogens is 354 g/mol. The number of amides is 1. The zero-order chi connectivity index (χ0) is 19.3. The third-order valence-electron chi connectivity index (χ3n) is 4.70. The molecule has 7 nitrogen and oxygen atoms in total. The van der Waals surface area contributed by atoms with Gasteiger partial charge in [0.1, 0.15) is 5.75 Å². The maximum Gasteiger partial charge on any atom is 0.261 e. The van der Waals surface area contributed by atoms with Crippen LogP contribution in [0.3, 0.4) is 0 Å². The normalized spacial score (nSPS) is 17.5. The fraction of sp³-hybridized carbons (Fsp3) is 0.611. The molecule has 1 atom stereocenters. The number of rotatable bonds is 7. The van der Waals surface area contributed by atoms with E-state index in [2.05, 4.69) is 17.3 Å². The minimum Gasteiger partial charge on any atom is -0.481 e. The molecule has 26 heavy (non-hydrogen) atoms. The van der Waals surface area contributed by atoms with E-state index in [1.807, 2.05) is 6.92 Å². The van der Waals surface area contributed by atoms with Gasteiger partial charge in [-0.25, -0.2) is 8.42 Å². The molecule has 1 heterocycles. The number of carbonyl (C=O) groups excluding carboxylic acids is 1. The predicted molar refractivity (Wildman–Crippen MR) is 103 cm³/mol. The average molecular weight is 384 g/mol. The smallest absolute Gasteiger partial charge is 0.261 e. The highest BCUT2D eigenvalue weighted by molar-refractivity contribution is 7.92. The van der Waals surface area contributed by atoms with E-state index in [9.17, 15) is 13.2 Å². The molecule has 0 aromatic heterocycles. The lowest BCUT2D eigenvalue weighted by molar-refractivity contribution is -0.129. The van der Waals surface area contributed by atoms with E-state index in [0.29, 0.717) is 17.9 Å². The van der Waals surface area contributed by atoms with Gasteiger partial charge in [-0.05, 0) is 63.7 Å². The Bertz CT molecular complexity index is 698. The Morgan fingerprint density at radius 3 is 2.38 bits per heavy atom. The van der Waals surface area contributed by atoms with Crippen molar-refractivity contribution in [3.05, 3.63) is 24.3 Å². The molecule has 1 aromatic carbocycles. The summed E-state index contributed by atoms with van der Waals surface area (Å²) in [7, 11) is 0.274. The van der Waals surface area contributed by atoms with Crippen molar-refractivity contribution in [2.24, 2.45) is 0 Å². The van der Waals surface area contributed by atoms with E-state index in [4.69, 9.17) is 4.74 Å². The van der Waals surface area contributed by atoms with Crippen LogP contribution >= 0.6 is 0 Å². The van der Waals surface area contributed by atoms with Crippen LogP contribution in [0, 0.1) is 0 Å². The largest absolute Gasteiger partial charge is 0.481 e. The van der Waals surface area contributed by atoms with Crippen LogP contribution in [0.15, 0.2) is 24.3 Å². The Morgan fingerprint density at radius 1 is 1.31 bits per heavy atom. The van der Waals surface area contributed by atoms with Crippen molar-refractivity contribution in [3.63, 3.8) is 0 Å². The van der Waals surface area contributed by atoms with Gasteiger partial charge in [-0.15, -0.1) is 0 Å². The number of likely N-dealkylation sites (tertiary alicyclic amines) is 1. The van der Waals surface area contributed by atoms with Crippen molar-refractivity contribution in [2.75, 3.05) is 37.7 Å². The lowest BCUT2D eigenvalue weighted by atomic mass is 10.1. The summed E-state index contributed by atoms with van der Waals surface area (Å²) in [4.78, 5) is 14.8. The van der Waals surface area contributed by atoms with Gasteiger partial charge in [0.2, 0.25) is 10.0 Å². The summed E-state index contributed by atoms with van der Waals surface area (Å²) < 4.78 is 30.2. The van der Waals surface area contributed by atoms with Crippen LogP contribution in [0.4, 0.5) is 5.69 Å². The summed E-state index contributed by atoms with van der Waals surface area (Å²) in [6.07, 6.45) is 3.05. The van der Waals surface area contributed by atoms with E-state index >= 15 is 0 Å². The number of nitrogens with one attached hydrogen (secondary N) is 1. The van der Waals surface area contributed by atoms with Gasteiger partial charge < -0.3 is 15.0 Å². The fourth-order valence-corrected chi connectivity index (χ4v) is 3.36. The highest BCUT2D eigenvalue weighted by Crippen LogP contribution is 2.21. The summed E-state index contributed by atoms with van der Waals surface area (Å²) in [5.74, 6) is 0.445. The fourth-order valence-electron chi connectivity index (χ4n) is 2.86. The standard InChI is InChI=1S/C18H29N3O4S/c1-5-17(18(22)19-14-10-12-20(2)13-11-14)25-16-8-6-15(7-9-16)21(3)26(4,23)24/h6-9,14,17H,5,10-13H2,1-4H3,(H,19,22)/t17-/m0/s1. The lowest BCUT2D eigenvalue weighted by Crippen LogP contribution is -2.47. The van der Waals surface area contributed by atoms with E-state index in [1.165, 1.54) is 11.4 Å². The van der Waals surface area contributed by atoms with Crippen LogP contribution in [-0.4, -0.2) is 64.8 Å². The van der Waals surface area contributed by atoms with Gasteiger partial charge in [-0.2, -0.15) is 0 Å². The number of piperidine rings is 1. The highest BCUT2D eigenvalue weighted by Gasteiger charge is 2.24. The minimum atomic E-state index is -3.31. The number of hydrogen-bond donors (Lipinski definition) is 1. The Labute approximate surface area is 156 Å². The third-order valence-corrected chi connectivity index (χ3v) is 5.91. The SMILES string of the molecule is CC[C@H](Oc1ccc(N(C)S(C)(=O)=O)cc1)C(=O)NC1CCN(C)CC1. The van der Waals surface area contributed by atoms with E-state index < -0.39 is 16.1 Å². The van der Waals surface area contributed by atoms with Gasteiger partial charge in [0.15, 0.2) is 6.10 Å². The molecule has 0 unspecified atom stereocenters. The quantitative estimate of drug-likeness (QED) is 0.771. The Morgan fingerprint density at radius 2 is 1.88 bits per heavy atom. The molecule has 0 aliphatic carbocycles. The van der Waals surface area contributed by atoms with Crippen LogP contribution in [0.5, 0.6) is 5.75 Å². The molecule has 146 valence electrons. The Hall–Kier alpha value is -1.80. The number of benzene rings is 1. The lowest BCUT2D eigenvalue weighted by Gasteiger charge is -2.30. The first kappa shape index (κ1) is 20.5. The second-order valence-electron chi connectivity index (χ2n) is 6.83. The van der Waals surface area contributed by atoms with Crippen molar-refractivity contribution in [1.82, 2.24) is 10.2 Å². The summed E-state index contributed by atoms with van der Waals surface area (Å²) in [5, 5.41) is 3.08. The van der Waals surface area contributed by atoms with Crippen LogP contribution in [0.2, 0.25) is 0 Å². The minimum absolute atomic E-state index is 0.0978. The zero-order valence-corrected chi connectivity index (χ0v) is 16.8. The monoisotopic (exact) mass is 383 g/mol. The molecule has 8 heteroatoms. The molecule has 0 spiro atoms. The molecule has 0 radical (unpaired) electrons. The molecule has 1 aliphatic heterocycles. The number of ether oxygens (including phenoxy) is 1. The first-order chi connectivity index (χ1) is 12.2. The Kier molecular flexibility index (Phi) is 6.88. The summed E-state index contributed by atoms with van der Waals surface area (Å²) in [6, 6.07) is 6.89.